The number of aliphatic hydroxyl groups is 1. The number of nitrogens with one attached hydrogen (secondary N) is 1. The monoisotopic (exact) mass is 462 g/mol. The van der Waals surface area contributed by atoms with Gasteiger partial charge in [-0.05, 0) is 18.9 Å². The van der Waals surface area contributed by atoms with E-state index in [4.69, 9.17) is 25.5 Å². The highest BCUT2D eigenvalue weighted by molar-refractivity contribution is 7.89. The second-order valence-corrected chi connectivity index (χ2v) is 8.09. The van der Waals surface area contributed by atoms with Gasteiger partial charge in [-0.1, -0.05) is 6.07 Å². The molecular formula is C16H22N4O10S. The maximum Gasteiger partial charge on any atom is 0.414 e. The number of aliphatic carboxylic acids is 2. The number of hydrogen-bond donors (Lipinski definition) is 5. The predicted octanol–water partition coefficient (Wildman–Crippen LogP) is -1.42. The van der Waals surface area contributed by atoms with E-state index in [1.807, 2.05) is 4.90 Å². The number of carbonyl (C=O) groups excluding carboxylic acids is 1. The molecule has 1 aromatic rings. The van der Waals surface area contributed by atoms with Gasteiger partial charge in [0.25, 0.3) is 11.6 Å². The zero-order valence-corrected chi connectivity index (χ0v) is 16.9. The fourth-order valence-electron chi connectivity index (χ4n) is 2.70. The predicted molar refractivity (Wildman–Crippen MR) is 104 cm³/mol. The van der Waals surface area contributed by atoms with Crippen LogP contribution in [0.2, 0.25) is 0 Å². The van der Waals surface area contributed by atoms with E-state index in [-0.39, 0.29) is 12.6 Å². The zero-order chi connectivity index (χ0) is 23.8. The first-order valence-corrected chi connectivity index (χ1v) is 10.3. The first kappa shape index (κ1) is 25.9. The molecule has 1 amide bonds. The van der Waals surface area contributed by atoms with Gasteiger partial charge in [0, 0.05) is 32.2 Å². The fraction of sp³-hybridized carbons (Fsp3) is 0.438. The largest absolute Gasteiger partial charge is 0.473 e. The Bertz CT molecular complexity index is 930. The molecule has 1 aliphatic heterocycles. The highest BCUT2D eigenvalue weighted by Crippen LogP contribution is 2.25. The number of piperidine rings is 1. The molecule has 14 nitrogen and oxygen atoms in total. The lowest BCUT2D eigenvalue weighted by molar-refractivity contribution is -0.385. The van der Waals surface area contributed by atoms with Crippen LogP contribution in [0.25, 0.3) is 0 Å². The van der Waals surface area contributed by atoms with Gasteiger partial charge in [0.15, 0.2) is 0 Å². The first-order valence-electron chi connectivity index (χ1n) is 8.80. The quantitative estimate of drug-likeness (QED) is 0.179. The minimum Gasteiger partial charge on any atom is -0.473 e. The van der Waals surface area contributed by atoms with Crippen molar-refractivity contribution in [3.63, 3.8) is 0 Å². The van der Waals surface area contributed by atoms with E-state index in [1.54, 1.807) is 0 Å². The lowest BCUT2D eigenvalue weighted by Crippen LogP contribution is -2.41. The van der Waals surface area contributed by atoms with Crippen LogP contribution in [0.4, 0.5) is 5.69 Å². The van der Waals surface area contributed by atoms with Crippen molar-refractivity contribution < 1.29 is 43.0 Å². The summed E-state index contributed by atoms with van der Waals surface area (Å²) in [7, 11) is -4.13. The highest BCUT2D eigenvalue weighted by Gasteiger charge is 2.29. The van der Waals surface area contributed by atoms with Crippen molar-refractivity contribution in [3.05, 3.63) is 33.9 Å². The summed E-state index contributed by atoms with van der Waals surface area (Å²) in [4.78, 5) is 41.4. The van der Waals surface area contributed by atoms with E-state index in [0.29, 0.717) is 32.5 Å². The lowest BCUT2D eigenvalue weighted by Gasteiger charge is -2.29. The third kappa shape index (κ3) is 7.89. The Kier molecular flexibility index (Phi) is 9.44. The molecule has 1 saturated heterocycles. The number of sulfonamides is 1. The molecule has 6 N–H and O–H groups in total. The van der Waals surface area contributed by atoms with Crippen LogP contribution in [0, 0.1) is 10.1 Å². The molecule has 0 radical (unpaired) electrons. The third-order valence-electron chi connectivity index (χ3n) is 4.20. The average molecular weight is 462 g/mol. The molecule has 0 aliphatic carbocycles. The number of carboxylic acid groups (broad SMARTS) is 2. The molecule has 0 saturated carbocycles. The molecule has 1 heterocycles. The second kappa shape index (κ2) is 11.3. The summed E-state index contributed by atoms with van der Waals surface area (Å²) in [6.45, 7) is 1.81. The smallest absolute Gasteiger partial charge is 0.414 e. The Labute approximate surface area is 176 Å². The SMILES string of the molecule is NC(=O)c1c([N+](=O)[O-])cccc1S(=O)(=O)NCCN1CCC(O)CC1.O=C(O)C(=O)O. The van der Waals surface area contributed by atoms with Crippen LogP contribution in [-0.4, -0.2) is 83.7 Å². The average Bonchev–Trinajstić information content (AvgIpc) is 2.69. The van der Waals surface area contributed by atoms with E-state index in [1.165, 1.54) is 6.07 Å². The van der Waals surface area contributed by atoms with Gasteiger partial charge in [-0.25, -0.2) is 22.7 Å². The maximum absolute atomic E-state index is 12.4. The molecule has 1 aromatic carbocycles. The number of nitrogens with two attached hydrogens (primary N) is 1. The van der Waals surface area contributed by atoms with E-state index >= 15 is 0 Å². The molecule has 0 atom stereocenters. The third-order valence-corrected chi connectivity index (χ3v) is 5.70. The van der Waals surface area contributed by atoms with Crippen molar-refractivity contribution in [2.75, 3.05) is 26.2 Å². The van der Waals surface area contributed by atoms with Crippen LogP contribution in [0.15, 0.2) is 23.1 Å². The highest BCUT2D eigenvalue weighted by atomic mass is 32.2. The number of benzene rings is 1. The van der Waals surface area contributed by atoms with Crippen LogP contribution in [-0.2, 0) is 19.6 Å². The Morgan fingerprint density at radius 2 is 1.74 bits per heavy atom. The molecule has 1 aliphatic rings. The summed E-state index contributed by atoms with van der Waals surface area (Å²) < 4.78 is 27.2. The van der Waals surface area contributed by atoms with E-state index in [2.05, 4.69) is 4.72 Å². The molecule has 0 unspecified atom stereocenters. The van der Waals surface area contributed by atoms with Gasteiger partial charge in [0.2, 0.25) is 10.0 Å². The van der Waals surface area contributed by atoms with Crippen LogP contribution >= 0.6 is 0 Å². The van der Waals surface area contributed by atoms with Crippen molar-refractivity contribution in [1.82, 2.24) is 9.62 Å². The number of carboxylic acids is 2. The van der Waals surface area contributed by atoms with Gasteiger partial charge >= 0.3 is 11.9 Å². The molecule has 2 rings (SSSR count). The fourth-order valence-corrected chi connectivity index (χ4v) is 3.95. The van der Waals surface area contributed by atoms with Crippen LogP contribution in [0.1, 0.15) is 23.2 Å². The number of rotatable bonds is 7. The normalized spacial score (nSPS) is 14.9. The van der Waals surface area contributed by atoms with Crippen molar-refractivity contribution in [3.8, 4) is 0 Å². The standard InChI is InChI=1S/C14H20N4O6S.C2H2O4/c15-14(20)13-11(18(21)22)2-1-3-12(13)25(23,24)16-6-9-17-7-4-10(19)5-8-17;3-1(4)2(5)6/h1-3,10,16,19H,4-9H2,(H2,15,20);(H,3,4)(H,5,6). The van der Waals surface area contributed by atoms with Crippen LogP contribution in [0.5, 0.6) is 0 Å². The molecule has 0 aromatic heterocycles. The van der Waals surface area contributed by atoms with Crippen molar-refractivity contribution in [2.24, 2.45) is 5.73 Å². The first-order chi connectivity index (χ1) is 14.4. The van der Waals surface area contributed by atoms with Crippen molar-refractivity contribution in [2.45, 2.75) is 23.8 Å². The molecular weight excluding hydrogens is 440 g/mol. The number of carbonyl (C=O) groups is 3. The van der Waals surface area contributed by atoms with E-state index in [9.17, 15) is 28.4 Å². The van der Waals surface area contributed by atoms with Crippen molar-refractivity contribution >= 4 is 33.6 Å². The summed E-state index contributed by atoms with van der Waals surface area (Å²) >= 11 is 0. The number of nitro groups is 1. The summed E-state index contributed by atoms with van der Waals surface area (Å²) in [6, 6.07) is 3.32. The number of amides is 1. The Morgan fingerprint density at radius 1 is 1.19 bits per heavy atom. The van der Waals surface area contributed by atoms with Gasteiger partial charge in [-0.15, -0.1) is 0 Å². The maximum atomic E-state index is 12.4. The van der Waals surface area contributed by atoms with Crippen LogP contribution < -0.4 is 10.5 Å². The van der Waals surface area contributed by atoms with E-state index < -0.39 is 48.9 Å². The van der Waals surface area contributed by atoms with Gasteiger partial charge in [-0.3, -0.25) is 14.9 Å². The minimum absolute atomic E-state index is 0.0688. The van der Waals surface area contributed by atoms with Crippen LogP contribution in [0.3, 0.4) is 0 Å². The van der Waals surface area contributed by atoms with Gasteiger partial charge in [0.1, 0.15) is 10.5 Å². The Hall–Kier alpha value is -3.14. The Morgan fingerprint density at radius 3 is 2.19 bits per heavy atom. The second-order valence-electron chi connectivity index (χ2n) is 6.35. The molecule has 172 valence electrons. The summed E-state index contributed by atoms with van der Waals surface area (Å²) in [5, 5.41) is 35.2. The number of hydrogen-bond acceptors (Lipinski definition) is 9. The summed E-state index contributed by atoms with van der Waals surface area (Å²) in [5.74, 6) is -4.83. The van der Waals surface area contributed by atoms with Crippen molar-refractivity contribution in [1.29, 1.82) is 0 Å². The molecule has 31 heavy (non-hydrogen) atoms. The number of primary amides is 1. The Balaban J connectivity index is 0.000000703. The van der Waals surface area contributed by atoms with Gasteiger partial charge in [-0.2, -0.15) is 0 Å². The molecule has 1 fully saturated rings. The molecule has 0 bridgehead atoms. The number of nitro benzene ring substituents is 1. The molecule has 0 spiro atoms. The lowest BCUT2D eigenvalue weighted by atomic mass is 10.1. The van der Waals surface area contributed by atoms with Gasteiger partial charge in [0.05, 0.1) is 11.0 Å². The summed E-state index contributed by atoms with van der Waals surface area (Å²) in [6.07, 6.45) is 0.934. The van der Waals surface area contributed by atoms with E-state index in [0.717, 1.165) is 12.1 Å². The van der Waals surface area contributed by atoms with Gasteiger partial charge < -0.3 is 26.0 Å². The zero-order valence-electron chi connectivity index (χ0n) is 16.1. The number of aliphatic hydroxyl groups excluding tert-OH is 1. The summed E-state index contributed by atoms with van der Waals surface area (Å²) in [5.41, 5.74) is 3.85. The minimum atomic E-state index is -4.13. The topological polar surface area (TPSA) is 230 Å². The number of likely N-dealkylation sites (tertiary alicyclic amines) is 1. The molecule has 15 heteroatoms. The number of nitrogens with zero attached hydrogens (tertiary/aromatic N) is 2.